The highest BCUT2D eigenvalue weighted by Gasteiger charge is 2.35. The third-order valence-electron chi connectivity index (χ3n) is 5.71. The zero-order chi connectivity index (χ0) is 22.5. The van der Waals surface area contributed by atoms with Crippen LogP contribution in [0.5, 0.6) is 0 Å². The van der Waals surface area contributed by atoms with Crippen LogP contribution in [0.25, 0.3) is 0 Å². The molecule has 1 aromatic carbocycles. The van der Waals surface area contributed by atoms with Crippen molar-refractivity contribution in [2.24, 2.45) is 0 Å². The van der Waals surface area contributed by atoms with Crippen molar-refractivity contribution in [3.8, 4) is 6.07 Å². The van der Waals surface area contributed by atoms with Crippen molar-refractivity contribution in [1.29, 1.82) is 5.26 Å². The van der Waals surface area contributed by atoms with Gasteiger partial charge in [-0.25, -0.2) is 4.79 Å². The number of amides is 1. The highest BCUT2D eigenvalue weighted by atomic mass is 16.6. The largest absolute Gasteiger partial charge is 0.481 e. The Hall–Kier alpha value is -3.87. The lowest BCUT2D eigenvalue weighted by Gasteiger charge is -2.30. The van der Waals surface area contributed by atoms with Crippen molar-refractivity contribution in [1.82, 2.24) is 15.0 Å². The van der Waals surface area contributed by atoms with Gasteiger partial charge in [0.1, 0.15) is 6.61 Å². The SMILES string of the molecule is N#CC=C1CCN(c2ccc(N3C(=O)OC[C@@H]3Cn3cc(CCC(=O)O)nn3)cc2)CC1. The number of hydrogen-bond donors (Lipinski definition) is 1. The Morgan fingerprint density at radius 1 is 1.25 bits per heavy atom. The molecule has 1 aromatic heterocycles. The van der Waals surface area contributed by atoms with Gasteiger partial charge in [0, 0.05) is 43.2 Å². The first-order valence-corrected chi connectivity index (χ1v) is 10.5. The summed E-state index contributed by atoms with van der Waals surface area (Å²) in [5.74, 6) is -0.882. The minimum Gasteiger partial charge on any atom is -0.481 e. The monoisotopic (exact) mass is 436 g/mol. The fraction of sp³-hybridized carbons (Fsp3) is 0.409. The van der Waals surface area contributed by atoms with Crippen LogP contribution in [0.2, 0.25) is 0 Å². The first kappa shape index (κ1) is 21.4. The molecule has 0 bridgehead atoms. The van der Waals surface area contributed by atoms with E-state index in [2.05, 4.69) is 21.3 Å². The quantitative estimate of drug-likeness (QED) is 0.656. The number of anilines is 2. The number of nitriles is 1. The van der Waals surface area contributed by atoms with Crippen molar-refractivity contribution >= 4 is 23.4 Å². The number of nitrogens with zero attached hydrogens (tertiary/aromatic N) is 6. The van der Waals surface area contributed by atoms with Gasteiger partial charge < -0.3 is 14.7 Å². The number of carboxylic acid groups (broad SMARTS) is 1. The molecule has 166 valence electrons. The topological polar surface area (TPSA) is 125 Å². The second kappa shape index (κ2) is 9.51. The smallest absolute Gasteiger partial charge is 0.414 e. The van der Waals surface area contributed by atoms with Crippen LogP contribution in [0.15, 0.2) is 42.1 Å². The normalized spacial score (nSPS) is 18.4. The summed E-state index contributed by atoms with van der Waals surface area (Å²) in [6, 6.07) is 9.68. The Morgan fingerprint density at radius 3 is 2.66 bits per heavy atom. The van der Waals surface area contributed by atoms with E-state index < -0.39 is 12.1 Å². The Morgan fingerprint density at radius 2 is 1.97 bits per heavy atom. The Balaban J connectivity index is 1.41. The van der Waals surface area contributed by atoms with Gasteiger partial charge in [-0.3, -0.25) is 14.4 Å². The second-order valence-corrected chi connectivity index (χ2v) is 7.86. The van der Waals surface area contributed by atoms with E-state index in [1.807, 2.05) is 24.3 Å². The number of carboxylic acids is 1. The molecule has 0 spiro atoms. The van der Waals surface area contributed by atoms with Gasteiger partial charge in [-0.2, -0.15) is 5.26 Å². The summed E-state index contributed by atoms with van der Waals surface area (Å²) in [4.78, 5) is 27.0. The van der Waals surface area contributed by atoms with Gasteiger partial charge >= 0.3 is 12.1 Å². The lowest BCUT2D eigenvalue weighted by Crippen LogP contribution is -2.37. The molecule has 10 heteroatoms. The number of allylic oxidation sites excluding steroid dienone is 1. The summed E-state index contributed by atoms with van der Waals surface area (Å²) in [5, 5.41) is 25.7. The van der Waals surface area contributed by atoms with Crippen LogP contribution in [-0.4, -0.2) is 57.9 Å². The van der Waals surface area contributed by atoms with Gasteiger partial charge in [-0.15, -0.1) is 5.10 Å². The van der Waals surface area contributed by atoms with E-state index in [0.29, 0.717) is 18.7 Å². The van der Waals surface area contributed by atoms with Crippen LogP contribution in [-0.2, 0) is 22.5 Å². The Bertz CT molecular complexity index is 1050. The number of hydrogen-bond acceptors (Lipinski definition) is 7. The van der Waals surface area contributed by atoms with E-state index in [9.17, 15) is 9.59 Å². The van der Waals surface area contributed by atoms with Crippen molar-refractivity contribution in [3.63, 3.8) is 0 Å². The molecule has 2 saturated heterocycles. The molecule has 0 unspecified atom stereocenters. The number of piperidine rings is 1. The number of aromatic nitrogens is 3. The van der Waals surface area contributed by atoms with Gasteiger partial charge in [0.15, 0.2) is 0 Å². The van der Waals surface area contributed by atoms with Crippen LogP contribution in [0.3, 0.4) is 0 Å². The van der Waals surface area contributed by atoms with E-state index in [-0.39, 0.29) is 19.1 Å². The maximum Gasteiger partial charge on any atom is 0.414 e. The maximum atomic E-state index is 12.4. The molecule has 0 aliphatic carbocycles. The highest BCUT2D eigenvalue weighted by molar-refractivity contribution is 5.90. The van der Waals surface area contributed by atoms with Crippen molar-refractivity contribution in [3.05, 3.63) is 47.8 Å². The molecular formula is C22H24N6O4. The van der Waals surface area contributed by atoms with Crippen LogP contribution >= 0.6 is 0 Å². The fourth-order valence-electron chi connectivity index (χ4n) is 4.02. The summed E-state index contributed by atoms with van der Waals surface area (Å²) in [7, 11) is 0. The van der Waals surface area contributed by atoms with Crippen molar-refractivity contribution in [2.75, 3.05) is 29.5 Å². The number of aryl methyl sites for hydroxylation is 1. The van der Waals surface area contributed by atoms with Gasteiger partial charge in [-0.1, -0.05) is 10.8 Å². The number of carbonyl (C=O) groups is 2. The highest BCUT2D eigenvalue weighted by Crippen LogP contribution is 2.28. The first-order valence-electron chi connectivity index (χ1n) is 10.5. The van der Waals surface area contributed by atoms with Crippen LogP contribution in [0.1, 0.15) is 25.0 Å². The van der Waals surface area contributed by atoms with Crippen LogP contribution in [0.4, 0.5) is 16.2 Å². The number of ether oxygens (including phenoxy) is 1. The van der Waals surface area contributed by atoms with Crippen LogP contribution < -0.4 is 9.80 Å². The average molecular weight is 436 g/mol. The third kappa shape index (κ3) is 4.88. The molecule has 32 heavy (non-hydrogen) atoms. The Kier molecular flexibility index (Phi) is 6.35. The summed E-state index contributed by atoms with van der Waals surface area (Å²) in [6.07, 6.45) is 5.00. The van der Waals surface area contributed by atoms with E-state index in [1.54, 1.807) is 21.9 Å². The zero-order valence-electron chi connectivity index (χ0n) is 17.6. The minimum absolute atomic E-state index is 0.00483. The maximum absolute atomic E-state index is 12.4. The molecular weight excluding hydrogens is 412 g/mol. The number of aliphatic carboxylic acids is 1. The van der Waals surface area contributed by atoms with Crippen molar-refractivity contribution < 1.29 is 19.4 Å². The van der Waals surface area contributed by atoms with E-state index >= 15 is 0 Å². The predicted octanol–water partition coefficient (Wildman–Crippen LogP) is 2.37. The van der Waals surface area contributed by atoms with Crippen LogP contribution in [0, 0.1) is 11.3 Å². The van der Waals surface area contributed by atoms with E-state index in [4.69, 9.17) is 15.1 Å². The summed E-state index contributed by atoms with van der Waals surface area (Å²) >= 11 is 0. The summed E-state index contributed by atoms with van der Waals surface area (Å²) < 4.78 is 6.89. The fourth-order valence-corrected chi connectivity index (χ4v) is 4.02. The molecule has 10 nitrogen and oxygen atoms in total. The molecule has 1 amide bonds. The molecule has 2 aliphatic rings. The van der Waals surface area contributed by atoms with Crippen molar-refractivity contribution in [2.45, 2.75) is 38.3 Å². The predicted molar refractivity (Wildman–Crippen MR) is 115 cm³/mol. The molecule has 4 rings (SSSR count). The minimum atomic E-state index is -0.882. The number of carbonyl (C=O) groups excluding carboxylic acids is 1. The average Bonchev–Trinajstić information content (AvgIpc) is 3.40. The number of rotatable bonds is 7. The molecule has 1 atom stereocenters. The van der Waals surface area contributed by atoms with E-state index in [0.717, 1.165) is 37.3 Å². The lowest BCUT2D eigenvalue weighted by atomic mass is 10.0. The second-order valence-electron chi connectivity index (χ2n) is 7.86. The van der Waals surface area contributed by atoms with Gasteiger partial charge in [0.05, 0.1) is 30.8 Å². The molecule has 0 saturated carbocycles. The molecule has 0 radical (unpaired) electrons. The van der Waals surface area contributed by atoms with Gasteiger partial charge in [0.25, 0.3) is 0 Å². The molecule has 1 N–H and O–H groups in total. The zero-order valence-corrected chi connectivity index (χ0v) is 17.6. The lowest BCUT2D eigenvalue weighted by molar-refractivity contribution is -0.136. The Labute approximate surface area is 185 Å². The standard InChI is InChI=1S/C22H24N6O4/c23-10-7-16-8-11-26(12-9-16)18-2-4-19(5-3-18)28-20(15-32-22(28)31)14-27-13-17(24-25-27)1-6-21(29)30/h2-5,7,13,20H,1,6,8-9,11-12,14-15H2,(H,29,30)/t20-/m0/s1. The third-order valence-corrected chi connectivity index (χ3v) is 5.71. The summed E-state index contributed by atoms with van der Waals surface area (Å²) in [5.41, 5.74) is 3.60. The van der Waals surface area contributed by atoms with Gasteiger partial charge in [-0.05, 0) is 37.1 Å². The number of benzene rings is 1. The summed E-state index contributed by atoms with van der Waals surface area (Å²) in [6.45, 7) is 2.36. The molecule has 2 fully saturated rings. The van der Waals surface area contributed by atoms with Gasteiger partial charge in [0.2, 0.25) is 0 Å². The number of cyclic esters (lactones) is 1. The molecule has 2 aromatic rings. The van der Waals surface area contributed by atoms with E-state index in [1.165, 1.54) is 5.57 Å². The molecule has 3 heterocycles. The molecule has 2 aliphatic heterocycles. The first-order chi connectivity index (χ1) is 15.5.